The SMILES string of the molecule is CC(C)c1ccccc1[C@@H]1COCCN1C1CC2(CCN(c3ccc(C(=O)NS(=O)(=O)c4cc5c(c([N+](=O)[O-])c4)O[C@H](C[C@H]4CC[C@](C)(O)CC4)CO5)c(Oc4cc5cc[nH]c5nc4OC(F)F)c3)CC2)C1. The Labute approximate surface area is 416 Å². The van der Waals surface area contributed by atoms with Gasteiger partial charge in [-0.2, -0.15) is 13.8 Å². The Balaban J connectivity index is 0.880. The average molecular weight is 1020 g/mol. The highest BCUT2D eigenvalue weighted by molar-refractivity contribution is 7.90. The second-order valence-corrected chi connectivity index (χ2v) is 22.4. The first-order valence-electron chi connectivity index (χ1n) is 24.8. The number of hydrogen-bond donors (Lipinski definition) is 3. The molecule has 0 radical (unpaired) electrons. The van der Waals surface area contributed by atoms with Crippen LogP contribution >= 0.6 is 0 Å². The van der Waals surface area contributed by atoms with Crippen LogP contribution in [0.4, 0.5) is 20.2 Å². The summed E-state index contributed by atoms with van der Waals surface area (Å²) in [4.78, 5) is 37.0. The number of fused-ring (bicyclic) bond motifs is 2. The number of benzene rings is 3. The van der Waals surface area contributed by atoms with Crippen LogP contribution in [0.5, 0.6) is 28.9 Å². The topological polar surface area (TPSA) is 208 Å². The lowest BCUT2D eigenvalue weighted by Gasteiger charge is -2.57. The number of halogens is 2. The molecule has 2 saturated heterocycles. The third kappa shape index (κ3) is 10.3. The Kier molecular flexibility index (Phi) is 13.6. The largest absolute Gasteiger partial charge is 0.486 e. The molecule has 5 heterocycles. The van der Waals surface area contributed by atoms with E-state index in [1.54, 1.807) is 31.3 Å². The molecule has 2 aromatic heterocycles. The average Bonchev–Trinajstić information content (AvgIpc) is 3.80. The van der Waals surface area contributed by atoms with Crippen molar-refractivity contribution in [1.29, 1.82) is 0 Å². The normalized spacial score (nSPS) is 23.6. The molecule has 3 aromatic carbocycles. The van der Waals surface area contributed by atoms with Crippen molar-refractivity contribution >= 4 is 38.3 Å². The second-order valence-electron chi connectivity index (χ2n) is 20.7. The number of nitro groups is 1. The predicted molar refractivity (Wildman–Crippen MR) is 262 cm³/mol. The highest BCUT2D eigenvalue weighted by Crippen LogP contribution is 2.54. The molecular formula is C52H60F2N6O11S. The number of carbonyl (C=O) groups excluding carboxylic acids is 1. The van der Waals surface area contributed by atoms with Crippen molar-refractivity contribution in [2.75, 3.05) is 44.4 Å². The van der Waals surface area contributed by atoms with Gasteiger partial charge < -0.3 is 38.7 Å². The first-order chi connectivity index (χ1) is 34.4. The summed E-state index contributed by atoms with van der Waals surface area (Å²) < 4.78 is 86.6. The van der Waals surface area contributed by atoms with Crippen molar-refractivity contribution < 1.29 is 55.7 Å². The fourth-order valence-corrected chi connectivity index (χ4v) is 12.5. The first kappa shape index (κ1) is 49.5. The zero-order valence-corrected chi connectivity index (χ0v) is 41.3. The number of sulfonamides is 1. The van der Waals surface area contributed by atoms with Gasteiger partial charge in [-0.15, -0.1) is 0 Å². The number of aliphatic hydroxyl groups is 1. The summed E-state index contributed by atoms with van der Waals surface area (Å²) in [6, 6.07) is 18.8. The molecule has 5 aliphatic rings. The van der Waals surface area contributed by atoms with Gasteiger partial charge >= 0.3 is 12.3 Å². The Bertz CT molecular complexity index is 2940. The van der Waals surface area contributed by atoms with Crippen LogP contribution in [0.3, 0.4) is 0 Å². The summed E-state index contributed by atoms with van der Waals surface area (Å²) in [5, 5.41) is 23.3. The maximum Gasteiger partial charge on any atom is 0.388 e. The number of carbonyl (C=O) groups is 1. The molecule has 5 aromatic rings. The molecule has 384 valence electrons. The number of H-pyrrole nitrogens is 1. The van der Waals surface area contributed by atoms with E-state index in [4.69, 9.17) is 23.7 Å². The number of alkyl halides is 2. The van der Waals surface area contributed by atoms with E-state index in [2.05, 4.69) is 57.9 Å². The lowest BCUT2D eigenvalue weighted by Crippen LogP contribution is -2.58. The number of piperidine rings is 1. The van der Waals surface area contributed by atoms with Gasteiger partial charge in [0.05, 0.1) is 40.2 Å². The molecule has 72 heavy (non-hydrogen) atoms. The van der Waals surface area contributed by atoms with Crippen LogP contribution in [-0.2, 0) is 14.8 Å². The number of rotatable bonds is 14. The smallest absolute Gasteiger partial charge is 0.388 e. The summed E-state index contributed by atoms with van der Waals surface area (Å²) in [5.41, 5.74) is 2.03. The summed E-state index contributed by atoms with van der Waals surface area (Å²) in [5.74, 6) is -1.98. The van der Waals surface area contributed by atoms with Gasteiger partial charge in [-0.1, -0.05) is 38.1 Å². The van der Waals surface area contributed by atoms with Gasteiger partial charge in [0.25, 0.3) is 21.8 Å². The molecule has 17 nitrogen and oxygen atoms in total. The standard InChI is InChI=1S/C52H60F2N6O11S/c1-31(2)38-6-4-5-7-39(38)42-30-67-21-20-59(42)35-27-52(28-35)15-18-58(19-16-52)34-8-9-40(43(24-34)70-45-23-33-12-17-55-47(33)56-49(45)71-50(53)54)48(61)57-72(65,66)37-25-41(60(63)64)46-44(26-37)68-29-36(69-46)22-32-10-13-51(3,62)14-11-32/h4-9,12,17,23-26,31-32,35-36,42,50,62H,10-11,13-16,18-22,27-30H2,1-3H3,(H,55,56)(H,57,61)/t32-,36-,42+,51-/m1/s1. The maximum atomic E-state index is 14.2. The fraction of sp³-hybridized carbons (Fsp3) is 0.500. The number of hydrogen-bond acceptors (Lipinski definition) is 14. The van der Waals surface area contributed by atoms with E-state index in [-0.39, 0.29) is 58.2 Å². The molecule has 3 aliphatic heterocycles. The number of nitrogens with one attached hydrogen (secondary N) is 2. The molecule has 2 saturated carbocycles. The third-order valence-electron chi connectivity index (χ3n) is 15.5. The van der Waals surface area contributed by atoms with Crippen molar-refractivity contribution in [3.63, 3.8) is 0 Å². The van der Waals surface area contributed by atoms with Crippen molar-refractivity contribution in [2.45, 2.75) is 120 Å². The molecule has 10 rings (SSSR count). The van der Waals surface area contributed by atoms with Crippen molar-refractivity contribution in [3.8, 4) is 28.9 Å². The van der Waals surface area contributed by atoms with Crippen LogP contribution in [0.25, 0.3) is 11.0 Å². The number of nitro benzene ring substituents is 1. The van der Waals surface area contributed by atoms with E-state index in [9.17, 15) is 37.2 Å². The highest BCUT2D eigenvalue weighted by atomic mass is 32.2. The fourth-order valence-electron chi connectivity index (χ4n) is 11.5. The summed E-state index contributed by atoms with van der Waals surface area (Å²) >= 11 is 0. The number of morpholine rings is 1. The molecular weight excluding hydrogens is 955 g/mol. The molecule has 4 fully saturated rings. The minimum Gasteiger partial charge on any atom is -0.486 e. The van der Waals surface area contributed by atoms with E-state index in [0.29, 0.717) is 68.6 Å². The molecule has 3 N–H and O–H groups in total. The Morgan fingerprint density at radius 1 is 1.01 bits per heavy atom. The van der Waals surface area contributed by atoms with Crippen molar-refractivity contribution in [2.24, 2.45) is 11.3 Å². The van der Waals surface area contributed by atoms with Crippen LogP contribution in [0, 0.1) is 21.4 Å². The van der Waals surface area contributed by atoms with Crippen molar-refractivity contribution in [3.05, 3.63) is 99.7 Å². The molecule has 0 bridgehead atoms. The number of ether oxygens (including phenoxy) is 5. The Hall–Kier alpha value is -6.09. The van der Waals surface area contributed by atoms with Crippen LogP contribution in [0.2, 0.25) is 0 Å². The Morgan fingerprint density at radius 3 is 2.51 bits per heavy atom. The number of amides is 1. The third-order valence-corrected chi connectivity index (χ3v) is 16.8. The van der Waals surface area contributed by atoms with Gasteiger partial charge in [0, 0.05) is 61.1 Å². The second kappa shape index (κ2) is 19.7. The lowest BCUT2D eigenvalue weighted by molar-refractivity contribution is -0.386. The van der Waals surface area contributed by atoms with E-state index < -0.39 is 55.6 Å². The summed E-state index contributed by atoms with van der Waals surface area (Å²) in [6.07, 6.45) is 8.22. The minimum atomic E-state index is -4.84. The molecule has 2 aliphatic carbocycles. The van der Waals surface area contributed by atoms with Crippen LogP contribution in [-0.4, -0.2) is 103 Å². The number of aromatic amines is 1. The molecule has 0 unspecified atom stereocenters. The molecule has 2 atom stereocenters. The van der Waals surface area contributed by atoms with E-state index in [1.807, 2.05) is 4.72 Å². The molecule has 20 heteroatoms. The number of nitrogens with zero attached hydrogens (tertiary/aromatic N) is 4. The van der Waals surface area contributed by atoms with E-state index >= 15 is 0 Å². The minimum absolute atomic E-state index is 0.00200. The van der Waals surface area contributed by atoms with E-state index in [0.717, 1.165) is 57.2 Å². The first-order valence-corrected chi connectivity index (χ1v) is 26.2. The zero-order valence-electron chi connectivity index (χ0n) is 40.5. The molecule has 1 spiro atoms. The molecule has 1 amide bonds. The van der Waals surface area contributed by atoms with Gasteiger partial charge in [-0.05, 0) is 117 Å². The van der Waals surface area contributed by atoms with Gasteiger partial charge in [0.15, 0.2) is 11.5 Å². The number of pyridine rings is 1. The number of anilines is 1. The maximum absolute atomic E-state index is 14.2. The number of aromatic nitrogens is 2. The zero-order chi connectivity index (χ0) is 50.5. The monoisotopic (exact) mass is 1010 g/mol. The van der Waals surface area contributed by atoms with Crippen LogP contribution < -0.4 is 28.6 Å². The van der Waals surface area contributed by atoms with Gasteiger partial charge in [-0.25, -0.2) is 13.1 Å². The quantitative estimate of drug-likeness (QED) is 0.0700. The lowest BCUT2D eigenvalue weighted by atomic mass is 9.59. The van der Waals surface area contributed by atoms with Gasteiger partial charge in [-0.3, -0.25) is 19.8 Å². The van der Waals surface area contributed by atoms with Crippen LogP contribution in [0.1, 0.15) is 112 Å². The highest BCUT2D eigenvalue weighted by Gasteiger charge is 2.50. The van der Waals surface area contributed by atoms with Gasteiger partial charge in [0.2, 0.25) is 5.75 Å². The summed E-state index contributed by atoms with van der Waals surface area (Å²) in [6.45, 7) is 6.56. The van der Waals surface area contributed by atoms with Crippen molar-refractivity contribution in [1.82, 2.24) is 19.6 Å². The Morgan fingerprint density at radius 2 is 1.78 bits per heavy atom. The van der Waals surface area contributed by atoms with E-state index in [1.165, 1.54) is 23.3 Å². The van der Waals surface area contributed by atoms with Gasteiger partial charge in [0.1, 0.15) is 24.1 Å². The predicted octanol–water partition coefficient (Wildman–Crippen LogP) is 9.40. The summed E-state index contributed by atoms with van der Waals surface area (Å²) in [7, 11) is -4.84. The van der Waals surface area contributed by atoms with Crippen LogP contribution in [0.15, 0.2) is 77.8 Å².